The molecule has 24 heavy (non-hydrogen) atoms. The van der Waals surface area contributed by atoms with E-state index in [9.17, 15) is 26.4 Å². The number of carbonyl (C=O) groups excluding carboxylic acids is 1. The monoisotopic (exact) mass is 364 g/mol. The van der Waals surface area contributed by atoms with E-state index in [0.717, 1.165) is 31.4 Å². The Hall–Kier alpha value is -1.64. The lowest BCUT2D eigenvalue weighted by molar-refractivity contribution is -0.137. The van der Waals surface area contributed by atoms with Gasteiger partial charge in [0.25, 0.3) is 0 Å². The maximum Gasteiger partial charge on any atom is 0.417 e. The van der Waals surface area contributed by atoms with Gasteiger partial charge in [-0.3, -0.25) is 4.79 Å². The zero-order chi connectivity index (χ0) is 18.2. The molecular weight excluding hydrogens is 345 g/mol. The van der Waals surface area contributed by atoms with Crippen molar-refractivity contribution in [3.05, 3.63) is 23.9 Å². The third-order valence-corrected chi connectivity index (χ3v) is 6.99. The van der Waals surface area contributed by atoms with Crippen molar-refractivity contribution < 1.29 is 26.4 Å². The predicted octanol–water partition coefficient (Wildman–Crippen LogP) is 3.03. The summed E-state index contributed by atoms with van der Waals surface area (Å²) in [6.45, 7) is 2.58. The fourth-order valence-corrected chi connectivity index (χ4v) is 3.93. The van der Waals surface area contributed by atoms with Crippen LogP contribution in [0.2, 0.25) is 0 Å². The molecule has 0 spiro atoms. The van der Waals surface area contributed by atoms with Crippen LogP contribution in [0.25, 0.3) is 0 Å². The number of hydrogen-bond acceptors (Lipinski definition) is 4. The Bertz CT molecular complexity index is 708. The third-order valence-electron chi connectivity index (χ3n) is 4.34. The first-order chi connectivity index (χ1) is 10.9. The topological polar surface area (TPSA) is 76.1 Å². The van der Waals surface area contributed by atoms with Crippen LogP contribution in [0.1, 0.15) is 38.7 Å². The molecule has 0 bridgehead atoms. The Labute approximate surface area is 138 Å². The number of nitrogens with one attached hydrogen (secondary N) is 1. The van der Waals surface area contributed by atoms with Crippen LogP contribution in [-0.2, 0) is 20.8 Å². The van der Waals surface area contributed by atoms with Gasteiger partial charge in [0.05, 0.1) is 11.3 Å². The molecule has 2 rings (SSSR count). The minimum atomic E-state index is -4.53. The maximum absolute atomic E-state index is 12.5. The number of sulfone groups is 1. The molecule has 1 amide bonds. The summed E-state index contributed by atoms with van der Waals surface area (Å²) in [6.07, 6.45) is -1.29. The highest BCUT2D eigenvalue weighted by Crippen LogP contribution is 2.32. The molecule has 1 aliphatic rings. The lowest BCUT2D eigenvalue weighted by Gasteiger charge is -2.30. The predicted molar refractivity (Wildman–Crippen MR) is 83.1 cm³/mol. The summed E-state index contributed by atoms with van der Waals surface area (Å²) in [6, 6.07) is 1.77. The van der Waals surface area contributed by atoms with Crippen molar-refractivity contribution in [1.29, 1.82) is 0 Å². The van der Waals surface area contributed by atoms with Crippen molar-refractivity contribution in [2.24, 2.45) is 5.92 Å². The SMILES string of the molecule is CC(C)(C(=O)Nc1ccc(C(F)(F)F)cn1)S(=O)(=O)CC1CCC1. The minimum Gasteiger partial charge on any atom is -0.309 e. The number of anilines is 1. The molecule has 0 aliphatic heterocycles. The average molecular weight is 364 g/mol. The number of hydrogen-bond donors (Lipinski definition) is 1. The van der Waals surface area contributed by atoms with Crippen LogP contribution in [-0.4, -0.2) is 29.8 Å². The lowest BCUT2D eigenvalue weighted by Crippen LogP contribution is -2.47. The molecule has 5 nitrogen and oxygen atoms in total. The van der Waals surface area contributed by atoms with Gasteiger partial charge < -0.3 is 5.32 Å². The quantitative estimate of drug-likeness (QED) is 0.871. The van der Waals surface area contributed by atoms with Gasteiger partial charge in [0.1, 0.15) is 10.6 Å². The summed E-state index contributed by atoms with van der Waals surface area (Å²) in [5, 5.41) is 2.28. The second-order valence-electron chi connectivity index (χ2n) is 6.47. The number of carbonyl (C=O) groups is 1. The highest BCUT2D eigenvalue weighted by Gasteiger charge is 2.43. The molecule has 0 radical (unpaired) electrons. The molecule has 134 valence electrons. The molecule has 1 N–H and O–H groups in total. The summed E-state index contributed by atoms with van der Waals surface area (Å²) in [5.41, 5.74) is -0.947. The summed E-state index contributed by atoms with van der Waals surface area (Å²) < 4.78 is 60.6. The summed E-state index contributed by atoms with van der Waals surface area (Å²) in [4.78, 5) is 15.8. The van der Waals surface area contributed by atoms with Crippen molar-refractivity contribution >= 4 is 21.6 Å². The van der Waals surface area contributed by atoms with Crippen molar-refractivity contribution in [2.45, 2.75) is 44.0 Å². The molecule has 1 fully saturated rings. The smallest absolute Gasteiger partial charge is 0.309 e. The zero-order valence-corrected chi connectivity index (χ0v) is 14.2. The Morgan fingerprint density at radius 1 is 1.29 bits per heavy atom. The highest BCUT2D eigenvalue weighted by molar-refractivity contribution is 7.93. The van der Waals surface area contributed by atoms with E-state index in [1.807, 2.05) is 0 Å². The van der Waals surface area contributed by atoms with Gasteiger partial charge in [0.15, 0.2) is 9.84 Å². The Morgan fingerprint density at radius 2 is 1.92 bits per heavy atom. The standard InChI is InChI=1S/C15H19F3N2O3S/c1-14(2,24(22,23)9-10-4-3-5-10)13(21)20-12-7-6-11(8-19-12)15(16,17)18/h6-8,10H,3-5,9H2,1-2H3,(H,19,20,21). The molecule has 0 saturated heterocycles. The van der Waals surface area contributed by atoms with Crippen molar-refractivity contribution in [3.8, 4) is 0 Å². The summed E-state index contributed by atoms with van der Waals surface area (Å²) >= 11 is 0. The van der Waals surface area contributed by atoms with Gasteiger partial charge in [-0.1, -0.05) is 6.42 Å². The first-order valence-electron chi connectivity index (χ1n) is 7.50. The first kappa shape index (κ1) is 18.7. The number of nitrogens with zero attached hydrogens (tertiary/aromatic N) is 1. The van der Waals surface area contributed by atoms with Crippen LogP contribution in [0.15, 0.2) is 18.3 Å². The Kier molecular flexibility index (Phi) is 4.94. The van der Waals surface area contributed by atoms with Crippen LogP contribution >= 0.6 is 0 Å². The van der Waals surface area contributed by atoms with Gasteiger partial charge in [-0.2, -0.15) is 13.2 Å². The molecule has 0 aromatic carbocycles. The van der Waals surface area contributed by atoms with E-state index < -0.39 is 32.2 Å². The number of aromatic nitrogens is 1. The molecular formula is C15H19F3N2O3S. The fraction of sp³-hybridized carbons (Fsp3) is 0.600. The van der Waals surface area contributed by atoms with Crippen LogP contribution in [0.3, 0.4) is 0 Å². The van der Waals surface area contributed by atoms with E-state index in [1.165, 1.54) is 13.8 Å². The largest absolute Gasteiger partial charge is 0.417 e. The molecule has 1 aliphatic carbocycles. The lowest BCUT2D eigenvalue weighted by atomic mass is 9.87. The van der Waals surface area contributed by atoms with E-state index in [1.54, 1.807) is 0 Å². The number of rotatable bonds is 5. The van der Waals surface area contributed by atoms with Gasteiger partial charge >= 0.3 is 6.18 Å². The van der Waals surface area contributed by atoms with E-state index in [0.29, 0.717) is 6.20 Å². The summed E-state index contributed by atoms with van der Waals surface area (Å²) in [7, 11) is -3.69. The van der Waals surface area contributed by atoms with Crippen molar-refractivity contribution in [3.63, 3.8) is 0 Å². The molecule has 1 aromatic heterocycles. The number of amides is 1. The van der Waals surface area contributed by atoms with E-state index in [2.05, 4.69) is 10.3 Å². The van der Waals surface area contributed by atoms with Gasteiger partial charge in [-0.15, -0.1) is 0 Å². The second-order valence-corrected chi connectivity index (χ2v) is 9.06. The first-order valence-corrected chi connectivity index (χ1v) is 9.16. The van der Waals surface area contributed by atoms with Crippen LogP contribution in [0.4, 0.5) is 19.0 Å². The molecule has 9 heteroatoms. The van der Waals surface area contributed by atoms with Crippen molar-refractivity contribution in [1.82, 2.24) is 4.98 Å². The van der Waals surface area contributed by atoms with Gasteiger partial charge in [-0.25, -0.2) is 13.4 Å². The molecule has 0 unspecified atom stereocenters. The number of alkyl halides is 3. The number of pyridine rings is 1. The van der Waals surface area contributed by atoms with Crippen LogP contribution in [0, 0.1) is 5.92 Å². The molecule has 1 aromatic rings. The third kappa shape index (κ3) is 3.88. The maximum atomic E-state index is 12.5. The van der Waals surface area contributed by atoms with Crippen molar-refractivity contribution in [2.75, 3.05) is 11.1 Å². The van der Waals surface area contributed by atoms with E-state index in [4.69, 9.17) is 0 Å². The minimum absolute atomic E-state index is 0.0616. The van der Waals surface area contributed by atoms with Gasteiger partial charge in [0.2, 0.25) is 5.91 Å². The van der Waals surface area contributed by atoms with Crippen LogP contribution in [0.5, 0.6) is 0 Å². The molecule has 0 atom stereocenters. The van der Waals surface area contributed by atoms with Crippen LogP contribution < -0.4 is 5.32 Å². The van der Waals surface area contributed by atoms with Gasteiger partial charge in [0, 0.05) is 6.20 Å². The van der Waals surface area contributed by atoms with E-state index in [-0.39, 0.29) is 17.5 Å². The highest BCUT2D eigenvalue weighted by atomic mass is 32.2. The zero-order valence-electron chi connectivity index (χ0n) is 13.4. The molecule has 1 saturated carbocycles. The fourth-order valence-electron chi connectivity index (χ4n) is 2.22. The van der Waals surface area contributed by atoms with Gasteiger partial charge in [-0.05, 0) is 44.7 Å². The second kappa shape index (κ2) is 6.34. The average Bonchev–Trinajstić information content (AvgIpc) is 2.42. The van der Waals surface area contributed by atoms with E-state index >= 15 is 0 Å². The summed E-state index contributed by atoms with van der Waals surface area (Å²) in [5.74, 6) is -0.923. The normalized spacial score (nSPS) is 16.5. The Balaban J connectivity index is 2.09. The Morgan fingerprint density at radius 3 is 2.33 bits per heavy atom. The number of halogens is 3. The molecule has 1 heterocycles.